The molecule has 0 saturated heterocycles. The molecule has 3 rings (SSSR count). The summed E-state index contributed by atoms with van der Waals surface area (Å²) in [7, 11) is 0. The minimum Gasteiger partial charge on any atom is -0.251 e. The first kappa shape index (κ1) is 17.7. The molecule has 0 bridgehead atoms. The predicted molar refractivity (Wildman–Crippen MR) is 97.2 cm³/mol. The number of hydrogen-bond acceptors (Lipinski definition) is 0. The molecule has 0 aromatic heterocycles. The van der Waals surface area contributed by atoms with Gasteiger partial charge in [0.1, 0.15) is 0 Å². The highest BCUT2D eigenvalue weighted by Gasteiger charge is 2.34. The van der Waals surface area contributed by atoms with Gasteiger partial charge < -0.3 is 0 Å². The Hall–Kier alpha value is -0.0700. The molecule has 3 saturated carbocycles. The van der Waals surface area contributed by atoms with Gasteiger partial charge in [0.25, 0.3) is 0 Å². The lowest BCUT2D eigenvalue weighted by Crippen LogP contribution is -2.30. The molecule has 0 aromatic carbocycles. The Morgan fingerprint density at radius 3 is 1.26 bits per heavy atom. The second kappa shape index (κ2) is 8.86. The van der Waals surface area contributed by atoms with E-state index in [1.165, 1.54) is 89.9 Å². The molecular formula is C22H39F. The Kier molecular flexibility index (Phi) is 6.83. The van der Waals surface area contributed by atoms with E-state index in [1.54, 1.807) is 0 Å². The van der Waals surface area contributed by atoms with Gasteiger partial charge >= 0.3 is 0 Å². The Balaban J connectivity index is 1.37. The van der Waals surface area contributed by atoms with Crippen molar-refractivity contribution >= 4 is 0 Å². The van der Waals surface area contributed by atoms with Crippen LogP contribution in [0.15, 0.2) is 0 Å². The predicted octanol–water partition coefficient (Wildman–Crippen LogP) is 7.18. The molecule has 0 atom stereocenters. The van der Waals surface area contributed by atoms with Crippen LogP contribution in [0.4, 0.5) is 4.39 Å². The third kappa shape index (κ3) is 4.73. The van der Waals surface area contributed by atoms with Crippen molar-refractivity contribution < 1.29 is 4.39 Å². The van der Waals surface area contributed by atoms with Crippen LogP contribution in [0.25, 0.3) is 0 Å². The summed E-state index contributed by atoms with van der Waals surface area (Å²) >= 11 is 0. The van der Waals surface area contributed by atoms with Gasteiger partial charge in [0.2, 0.25) is 0 Å². The lowest BCUT2D eigenvalue weighted by Gasteiger charge is -2.41. The second-order valence-electron chi connectivity index (χ2n) is 9.18. The van der Waals surface area contributed by atoms with Crippen molar-refractivity contribution in [1.82, 2.24) is 0 Å². The average molecular weight is 323 g/mol. The average Bonchev–Trinajstić information content (AvgIpc) is 2.63. The normalized spacial score (nSPS) is 42.5. The number of rotatable bonds is 5. The third-order valence-electron chi connectivity index (χ3n) is 7.85. The van der Waals surface area contributed by atoms with Crippen LogP contribution < -0.4 is 0 Å². The number of halogens is 1. The van der Waals surface area contributed by atoms with Crippen LogP contribution in [0.1, 0.15) is 96.8 Å². The standard InChI is InChI=1S/C22H39F/c1-2-3-17-4-8-19(9-5-17)21-12-14-22(15-13-21)20-10-6-18(16-23)7-11-20/h17-22H,2-16H2,1H3. The molecule has 1 heteroatoms. The fourth-order valence-electron chi connectivity index (χ4n) is 6.26. The van der Waals surface area contributed by atoms with E-state index in [-0.39, 0.29) is 6.67 Å². The maximum absolute atomic E-state index is 12.8. The van der Waals surface area contributed by atoms with Gasteiger partial charge in [-0.05, 0) is 99.7 Å². The van der Waals surface area contributed by atoms with Crippen molar-refractivity contribution in [2.24, 2.45) is 35.5 Å². The van der Waals surface area contributed by atoms with Crippen LogP contribution in [0.2, 0.25) is 0 Å². The summed E-state index contributed by atoms with van der Waals surface area (Å²) in [4.78, 5) is 0. The van der Waals surface area contributed by atoms with Crippen molar-refractivity contribution in [2.75, 3.05) is 6.67 Å². The van der Waals surface area contributed by atoms with Gasteiger partial charge in [-0.3, -0.25) is 4.39 Å². The fourth-order valence-corrected chi connectivity index (χ4v) is 6.26. The molecule has 3 fully saturated rings. The summed E-state index contributed by atoms with van der Waals surface area (Å²) in [6.07, 6.45) is 19.9. The first-order valence-corrected chi connectivity index (χ1v) is 10.9. The first-order chi connectivity index (χ1) is 11.3. The Morgan fingerprint density at radius 2 is 0.913 bits per heavy atom. The molecule has 0 aliphatic heterocycles. The molecule has 0 spiro atoms. The zero-order valence-corrected chi connectivity index (χ0v) is 15.4. The van der Waals surface area contributed by atoms with E-state index in [9.17, 15) is 4.39 Å². The topological polar surface area (TPSA) is 0 Å². The van der Waals surface area contributed by atoms with E-state index in [0.717, 1.165) is 29.6 Å². The van der Waals surface area contributed by atoms with Gasteiger partial charge in [0.15, 0.2) is 0 Å². The Morgan fingerprint density at radius 1 is 0.565 bits per heavy atom. The molecule has 23 heavy (non-hydrogen) atoms. The van der Waals surface area contributed by atoms with Gasteiger partial charge in [-0.2, -0.15) is 0 Å². The smallest absolute Gasteiger partial charge is 0.0922 e. The number of alkyl halides is 1. The highest BCUT2D eigenvalue weighted by Crippen LogP contribution is 2.46. The van der Waals surface area contributed by atoms with Crippen LogP contribution in [0.5, 0.6) is 0 Å². The molecule has 3 aliphatic carbocycles. The molecule has 0 unspecified atom stereocenters. The van der Waals surface area contributed by atoms with Crippen molar-refractivity contribution in [3.63, 3.8) is 0 Å². The molecule has 0 aromatic rings. The quantitative estimate of drug-likeness (QED) is 0.503. The molecule has 0 N–H and O–H groups in total. The van der Waals surface area contributed by atoms with Crippen LogP contribution in [-0.2, 0) is 0 Å². The maximum atomic E-state index is 12.8. The first-order valence-electron chi connectivity index (χ1n) is 10.9. The van der Waals surface area contributed by atoms with Crippen LogP contribution in [0, 0.1) is 35.5 Å². The van der Waals surface area contributed by atoms with Crippen molar-refractivity contribution in [3.05, 3.63) is 0 Å². The Labute approximate surface area is 144 Å². The summed E-state index contributed by atoms with van der Waals surface area (Å²) in [5.41, 5.74) is 0. The van der Waals surface area contributed by atoms with Gasteiger partial charge in [-0.15, -0.1) is 0 Å². The van der Waals surface area contributed by atoms with E-state index in [4.69, 9.17) is 0 Å². The highest BCUT2D eigenvalue weighted by molar-refractivity contribution is 4.85. The van der Waals surface area contributed by atoms with E-state index < -0.39 is 0 Å². The Bertz CT molecular complexity index is 315. The lowest BCUT2D eigenvalue weighted by atomic mass is 9.65. The summed E-state index contributed by atoms with van der Waals surface area (Å²) in [6.45, 7) is 2.27. The summed E-state index contributed by atoms with van der Waals surface area (Å²) in [5.74, 6) is 5.50. The number of hydrogen-bond donors (Lipinski definition) is 0. The van der Waals surface area contributed by atoms with Crippen molar-refractivity contribution in [2.45, 2.75) is 96.8 Å². The van der Waals surface area contributed by atoms with Crippen molar-refractivity contribution in [3.8, 4) is 0 Å². The largest absolute Gasteiger partial charge is 0.251 e. The molecule has 134 valence electrons. The molecular weight excluding hydrogens is 283 g/mol. The summed E-state index contributed by atoms with van der Waals surface area (Å²) in [5, 5.41) is 0. The zero-order valence-electron chi connectivity index (χ0n) is 15.4. The van der Waals surface area contributed by atoms with Crippen molar-refractivity contribution in [1.29, 1.82) is 0 Å². The van der Waals surface area contributed by atoms with Gasteiger partial charge in [0.05, 0.1) is 6.67 Å². The molecule has 0 radical (unpaired) electrons. The minimum absolute atomic E-state index is 0.0693. The van der Waals surface area contributed by atoms with Gasteiger partial charge in [-0.25, -0.2) is 0 Å². The summed E-state index contributed by atoms with van der Waals surface area (Å²) < 4.78 is 12.8. The van der Waals surface area contributed by atoms with Crippen LogP contribution in [-0.4, -0.2) is 6.67 Å². The fraction of sp³-hybridized carbons (Fsp3) is 1.00. The highest BCUT2D eigenvalue weighted by atomic mass is 19.1. The minimum atomic E-state index is -0.0693. The van der Waals surface area contributed by atoms with E-state index >= 15 is 0 Å². The zero-order chi connectivity index (χ0) is 16.1. The SMILES string of the molecule is CCCC1CCC(C2CCC(C3CCC(CF)CC3)CC2)CC1. The molecule has 3 aliphatic rings. The van der Waals surface area contributed by atoms with Crippen LogP contribution >= 0.6 is 0 Å². The summed E-state index contributed by atoms with van der Waals surface area (Å²) in [6, 6.07) is 0. The van der Waals surface area contributed by atoms with Gasteiger partial charge in [-0.1, -0.05) is 32.6 Å². The maximum Gasteiger partial charge on any atom is 0.0922 e. The van der Waals surface area contributed by atoms with Gasteiger partial charge in [0, 0.05) is 0 Å². The lowest BCUT2D eigenvalue weighted by molar-refractivity contribution is 0.100. The molecule has 0 nitrogen and oxygen atoms in total. The third-order valence-corrected chi connectivity index (χ3v) is 7.85. The van der Waals surface area contributed by atoms with E-state index in [2.05, 4.69) is 6.92 Å². The monoisotopic (exact) mass is 322 g/mol. The van der Waals surface area contributed by atoms with E-state index in [1.807, 2.05) is 0 Å². The molecule has 0 heterocycles. The molecule has 0 amide bonds. The van der Waals surface area contributed by atoms with E-state index in [0.29, 0.717) is 5.92 Å². The second-order valence-corrected chi connectivity index (χ2v) is 9.18. The van der Waals surface area contributed by atoms with Crippen LogP contribution in [0.3, 0.4) is 0 Å².